The fourth-order valence-electron chi connectivity index (χ4n) is 2.56. The van der Waals surface area contributed by atoms with Gasteiger partial charge in [0.25, 0.3) is 0 Å². The molecule has 0 spiro atoms. The third-order valence-corrected chi connectivity index (χ3v) is 3.86. The third kappa shape index (κ3) is 7.97. The Morgan fingerprint density at radius 1 is 1.08 bits per heavy atom. The van der Waals surface area contributed by atoms with Gasteiger partial charge >= 0.3 is 11.9 Å². The van der Waals surface area contributed by atoms with Crippen molar-refractivity contribution in [2.24, 2.45) is 0 Å². The van der Waals surface area contributed by atoms with Gasteiger partial charge in [-0.25, -0.2) is 9.59 Å². The number of benzene rings is 1. The Kier molecular flexibility index (Phi) is 9.53. The Hall–Kier alpha value is -2.08. The van der Waals surface area contributed by atoms with Crippen LogP contribution in [0.1, 0.15) is 38.2 Å². The van der Waals surface area contributed by atoms with Crippen LogP contribution in [0.2, 0.25) is 0 Å². The molecule has 6 nitrogen and oxygen atoms in total. The number of aliphatic carboxylic acids is 2. The van der Waals surface area contributed by atoms with E-state index in [-0.39, 0.29) is 0 Å². The lowest BCUT2D eigenvalue weighted by atomic mass is 10.1. The van der Waals surface area contributed by atoms with Crippen LogP contribution in [0.15, 0.2) is 24.3 Å². The Balaban J connectivity index is 0.000000413. The summed E-state index contributed by atoms with van der Waals surface area (Å²) in [5.74, 6) is -2.58. The molecule has 1 saturated heterocycles. The molecule has 1 heterocycles. The number of hydrogen-bond acceptors (Lipinski definition) is 4. The smallest absolute Gasteiger partial charge is 0.414 e. The van der Waals surface area contributed by atoms with Crippen LogP contribution < -0.4 is 4.74 Å². The second-order valence-corrected chi connectivity index (χ2v) is 5.68. The Bertz CT molecular complexity index is 500. The van der Waals surface area contributed by atoms with Crippen molar-refractivity contribution in [1.82, 2.24) is 4.90 Å². The number of likely N-dealkylation sites (tertiary alicyclic amines) is 1. The number of unbranched alkanes of at least 4 members (excludes halogenated alkanes) is 1. The maximum absolute atomic E-state index is 9.10. The molecule has 0 unspecified atom stereocenters. The number of carbonyl (C=O) groups is 2. The fraction of sp³-hybridized carbons (Fsp3) is 0.556. The molecule has 1 aromatic carbocycles. The van der Waals surface area contributed by atoms with E-state index >= 15 is 0 Å². The van der Waals surface area contributed by atoms with Gasteiger partial charge in [-0.1, -0.05) is 25.1 Å². The zero-order valence-corrected chi connectivity index (χ0v) is 14.2. The molecule has 134 valence electrons. The monoisotopic (exact) mass is 337 g/mol. The molecule has 2 rings (SSSR count). The van der Waals surface area contributed by atoms with Crippen molar-refractivity contribution in [2.45, 2.75) is 39.0 Å². The first kappa shape index (κ1) is 20.0. The second kappa shape index (κ2) is 11.5. The summed E-state index contributed by atoms with van der Waals surface area (Å²) in [7, 11) is 0. The van der Waals surface area contributed by atoms with Crippen molar-refractivity contribution in [1.29, 1.82) is 0 Å². The minimum atomic E-state index is -1.82. The maximum Gasteiger partial charge on any atom is 0.414 e. The van der Waals surface area contributed by atoms with Crippen LogP contribution >= 0.6 is 0 Å². The second-order valence-electron chi connectivity index (χ2n) is 5.68. The summed E-state index contributed by atoms with van der Waals surface area (Å²) in [6.45, 7) is 6.89. The molecule has 6 heteroatoms. The van der Waals surface area contributed by atoms with Crippen LogP contribution in [0.4, 0.5) is 0 Å². The van der Waals surface area contributed by atoms with E-state index in [9.17, 15) is 0 Å². The van der Waals surface area contributed by atoms with E-state index in [2.05, 4.69) is 36.1 Å². The number of aryl methyl sites for hydroxylation is 1. The predicted octanol–water partition coefficient (Wildman–Crippen LogP) is 2.66. The normalized spacial score (nSPS) is 13.9. The van der Waals surface area contributed by atoms with Gasteiger partial charge in [0.15, 0.2) is 0 Å². The van der Waals surface area contributed by atoms with Gasteiger partial charge in [0.2, 0.25) is 0 Å². The van der Waals surface area contributed by atoms with Crippen molar-refractivity contribution < 1.29 is 24.5 Å². The molecule has 0 aromatic heterocycles. The van der Waals surface area contributed by atoms with Crippen molar-refractivity contribution in [3.05, 3.63) is 29.8 Å². The number of nitrogens with zero attached hydrogens (tertiary/aromatic N) is 1. The Morgan fingerprint density at radius 3 is 2.29 bits per heavy atom. The van der Waals surface area contributed by atoms with E-state index in [4.69, 9.17) is 24.5 Å². The minimum Gasteiger partial charge on any atom is -0.493 e. The molecule has 0 saturated carbocycles. The van der Waals surface area contributed by atoms with Crippen LogP contribution in [0, 0.1) is 0 Å². The summed E-state index contributed by atoms with van der Waals surface area (Å²) in [4.78, 5) is 20.8. The first-order valence-corrected chi connectivity index (χ1v) is 8.43. The molecule has 0 amide bonds. The van der Waals surface area contributed by atoms with Crippen LogP contribution in [-0.4, -0.2) is 53.3 Å². The molecule has 2 N–H and O–H groups in total. The Morgan fingerprint density at radius 2 is 1.71 bits per heavy atom. The molecule has 0 bridgehead atoms. The van der Waals surface area contributed by atoms with Crippen LogP contribution in [-0.2, 0) is 16.0 Å². The average Bonchev–Trinajstić information content (AvgIpc) is 3.09. The predicted molar refractivity (Wildman–Crippen MR) is 91.5 cm³/mol. The summed E-state index contributed by atoms with van der Waals surface area (Å²) in [6.07, 6.45) is 6.24. The van der Waals surface area contributed by atoms with Gasteiger partial charge in [0, 0.05) is 0 Å². The lowest BCUT2D eigenvalue weighted by Gasteiger charge is -2.14. The van der Waals surface area contributed by atoms with Gasteiger partial charge in [-0.15, -0.1) is 0 Å². The van der Waals surface area contributed by atoms with E-state index in [1.165, 1.54) is 44.5 Å². The summed E-state index contributed by atoms with van der Waals surface area (Å²) in [6, 6.07) is 8.37. The van der Waals surface area contributed by atoms with Gasteiger partial charge in [-0.3, -0.25) is 0 Å². The van der Waals surface area contributed by atoms with Gasteiger partial charge in [-0.05, 0) is 63.4 Å². The molecular weight excluding hydrogens is 310 g/mol. The van der Waals surface area contributed by atoms with Crippen LogP contribution in [0.3, 0.4) is 0 Å². The molecule has 0 aliphatic carbocycles. The average molecular weight is 337 g/mol. The van der Waals surface area contributed by atoms with Gasteiger partial charge in [-0.2, -0.15) is 0 Å². The maximum atomic E-state index is 9.10. The van der Waals surface area contributed by atoms with E-state index in [1.807, 2.05) is 0 Å². The SMILES string of the molecule is CCc1ccccc1OCCCCN1CCCC1.O=C(O)C(=O)O. The molecule has 0 radical (unpaired) electrons. The van der Waals surface area contributed by atoms with Crippen molar-refractivity contribution in [3.63, 3.8) is 0 Å². The number of hydrogen-bond donors (Lipinski definition) is 2. The number of para-hydroxylation sites is 1. The summed E-state index contributed by atoms with van der Waals surface area (Å²) in [5, 5.41) is 14.8. The topological polar surface area (TPSA) is 87.1 Å². The van der Waals surface area contributed by atoms with Crippen molar-refractivity contribution in [3.8, 4) is 5.75 Å². The van der Waals surface area contributed by atoms with Crippen LogP contribution in [0.25, 0.3) is 0 Å². The number of carboxylic acids is 2. The molecule has 1 aliphatic rings. The Labute approximate surface area is 143 Å². The lowest BCUT2D eigenvalue weighted by Crippen LogP contribution is -2.20. The fourth-order valence-corrected chi connectivity index (χ4v) is 2.56. The van der Waals surface area contributed by atoms with E-state index in [0.717, 1.165) is 25.2 Å². The first-order valence-electron chi connectivity index (χ1n) is 8.43. The van der Waals surface area contributed by atoms with Crippen LogP contribution in [0.5, 0.6) is 5.75 Å². The molecule has 24 heavy (non-hydrogen) atoms. The van der Waals surface area contributed by atoms with Crippen molar-refractivity contribution >= 4 is 11.9 Å². The molecule has 0 atom stereocenters. The zero-order valence-electron chi connectivity index (χ0n) is 14.2. The van der Waals surface area contributed by atoms with Gasteiger partial charge < -0.3 is 19.8 Å². The zero-order chi connectivity index (χ0) is 17.8. The minimum absolute atomic E-state index is 0.852. The van der Waals surface area contributed by atoms with Gasteiger partial charge in [0.05, 0.1) is 6.61 Å². The number of ether oxygens (including phenoxy) is 1. The third-order valence-electron chi connectivity index (χ3n) is 3.86. The van der Waals surface area contributed by atoms with Crippen molar-refractivity contribution in [2.75, 3.05) is 26.2 Å². The molecule has 1 aromatic rings. The summed E-state index contributed by atoms with van der Waals surface area (Å²) < 4.78 is 5.87. The summed E-state index contributed by atoms with van der Waals surface area (Å²) >= 11 is 0. The summed E-state index contributed by atoms with van der Waals surface area (Å²) in [5.41, 5.74) is 1.32. The van der Waals surface area contributed by atoms with E-state index in [1.54, 1.807) is 0 Å². The number of rotatable bonds is 7. The molecular formula is C18H27NO5. The highest BCUT2D eigenvalue weighted by Crippen LogP contribution is 2.18. The highest BCUT2D eigenvalue weighted by molar-refractivity contribution is 6.27. The largest absolute Gasteiger partial charge is 0.493 e. The molecule has 1 aliphatic heterocycles. The quantitative estimate of drug-likeness (QED) is 0.587. The number of carboxylic acid groups (broad SMARTS) is 2. The molecule has 1 fully saturated rings. The van der Waals surface area contributed by atoms with Gasteiger partial charge in [0.1, 0.15) is 5.75 Å². The van der Waals surface area contributed by atoms with E-state index in [0.29, 0.717) is 0 Å². The lowest BCUT2D eigenvalue weighted by molar-refractivity contribution is -0.159. The first-order chi connectivity index (χ1) is 11.5. The highest BCUT2D eigenvalue weighted by atomic mass is 16.5. The standard InChI is InChI=1S/C16H25NO.C2H2O4/c1-2-15-9-3-4-10-16(15)18-14-8-7-13-17-11-5-6-12-17;3-1(4)2(5)6/h3-4,9-10H,2,5-8,11-14H2,1H3;(H,3,4)(H,5,6). The van der Waals surface area contributed by atoms with E-state index < -0.39 is 11.9 Å². The highest BCUT2D eigenvalue weighted by Gasteiger charge is 2.10.